The van der Waals surface area contributed by atoms with E-state index in [1.165, 1.54) is 0 Å². The summed E-state index contributed by atoms with van der Waals surface area (Å²) in [7, 11) is 0. The summed E-state index contributed by atoms with van der Waals surface area (Å²) >= 11 is 6.12. The molecule has 2 N–H and O–H groups in total. The number of halogens is 1. The van der Waals surface area contributed by atoms with E-state index >= 15 is 0 Å². The van der Waals surface area contributed by atoms with Gasteiger partial charge >= 0.3 is 5.97 Å². The van der Waals surface area contributed by atoms with E-state index in [-0.39, 0.29) is 6.42 Å². The molecule has 0 saturated carbocycles. The van der Waals surface area contributed by atoms with Crippen molar-refractivity contribution in [3.05, 3.63) is 101 Å². The molecule has 1 aromatic heterocycles. The first-order chi connectivity index (χ1) is 14.1. The first-order valence-electron chi connectivity index (χ1n) is 9.46. The topological polar surface area (TPSA) is 54.3 Å². The summed E-state index contributed by atoms with van der Waals surface area (Å²) < 4.78 is 2.16. The predicted octanol–water partition coefficient (Wildman–Crippen LogP) is 5.58. The highest BCUT2D eigenvalue weighted by atomic mass is 35.5. The van der Waals surface area contributed by atoms with E-state index < -0.39 is 5.97 Å². The maximum atomic E-state index is 11.6. The molecule has 3 aromatic carbocycles. The van der Waals surface area contributed by atoms with Crippen molar-refractivity contribution in [1.29, 1.82) is 0 Å². The molecular formula is C24H21ClN2O2. The Bertz CT molecular complexity index is 1150. The fourth-order valence-electron chi connectivity index (χ4n) is 3.67. The van der Waals surface area contributed by atoms with Gasteiger partial charge in [-0.3, -0.25) is 4.79 Å². The highest BCUT2D eigenvalue weighted by Crippen LogP contribution is 2.32. The van der Waals surface area contributed by atoms with E-state index in [4.69, 9.17) is 11.6 Å². The molecule has 146 valence electrons. The second kappa shape index (κ2) is 8.41. The molecule has 4 rings (SSSR count). The van der Waals surface area contributed by atoms with Crippen LogP contribution in [0.15, 0.2) is 78.9 Å². The van der Waals surface area contributed by atoms with Crippen LogP contribution in [0.25, 0.3) is 10.9 Å². The monoisotopic (exact) mass is 404 g/mol. The summed E-state index contributed by atoms with van der Waals surface area (Å²) in [6.45, 7) is 1.21. The molecule has 29 heavy (non-hydrogen) atoms. The highest BCUT2D eigenvalue weighted by Gasteiger charge is 2.19. The summed E-state index contributed by atoms with van der Waals surface area (Å²) in [6, 6.07) is 25.8. The predicted molar refractivity (Wildman–Crippen MR) is 118 cm³/mol. The van der Waals surface area contributed by atoms with Gasteiger partial charge in [0.05, 0.1) is 11.9 Å². The van der Waals surface area contributed by atoms with Crippen molar-refractivity contribution in [3.63, 3.8) is 0 Å². The number of carbonyl (C=O) groups is 1. The van der Waals surface area contributed by atoms with Crippen molar-refractivity contribution in [2.75, 3.05) is 5.32 Å². The van der Waals surface area contributed by atoms with Gasteiger partial charge in [0.1, 0.15) is 5.82 Å². The fraction of sp³-hybridized carbons (Fsp3) is 0.125. The molecule has 0 fully saturated rings. The summed E-state index contributed by atoms with van der Waals surface area (Å²) in [5.74, 6) is -0.0177. The number of nitrogens with one attached hydrogen (secondary N) is 1. The first-order valence-corrected chi connectivity index (χ1v) is 9.84. The number of fused-ring (bicyclic) bond motifs is 1. The van der Waals surface area contributed by atoms with E-state index in [0.29, 0.717) is 18.1 Å². The van der Waals surface area contributed by atoms with Crippen LogP contribution in [-0.2, 0) is 24.3 Å². The van der Waals surface area contributed by atoms with Crippen LogP contribution in [0.3, 0.4) is 0 Å². The van der Waals surface area contributed by atoms with Crippen molar-refractivity contribution >= 4 is 34.3 Å². The molecule has 0 spiro atoms. The van der Waals surface area contributed by atoms with Gasteiger partial charge in [0.15, 0.2) is 0 Å². The number of aromatic nitrogens is 1. The quantitative estimate of drug-likeness (QED) is 0.422. The van der Waals surface area contributed by atoms with Crippen LogP contribution >= 0.6 is 11.6 Å². The molecule has 0 aliphatic heterocycles. The van der Waals surface area contributed by atoms with Crippen LogP contribution in [-0.4, -0.2) is 15.6 Å². The van der Waals surface area contributed by atoms with Gasteiger partial charge in [-0.05, 0) is 29.3 Å². The molecule has 4 aromatic rings. The minimum absolute atomic E-state index is 0.0415. The zero-order valence-electron chi connectivity index (χ0n) is 15.8. The number of para-hydroxylation sites is 1. The van der Waals surface area contributed by atoms with E-state index in [2.05, 4.69) is 22.0 Å². The van der Waals surface area contributed by atoms with Crippen molar-refractivity contribution in [1.82, 2.24) is 4.57 Å². The minimum Gasteiger partial charge on any atom is -0.481 e. The number of benzene rings is 3. The number of hydrogen-bond donors (Lipinski definition) is 2. The lowest BCUT2D eigenvalue weighted by Crippen LogP contribution is -2.11. The zero-order chi connectivity index (χ0) is 20.2. The number of hydrogen-bond acceptors (Lipinski definition) is 2. The largest absolute Gasteiger partial charge is 0.481 e. The summed E-state index contributed by atoms with van der Waals surface area (Å²) in [6.07, 6.45) is -0.0415. The van der Waals surface area contributed by atoms with Gasteiger partial charge < -0.3 is 15.0 Å². The van der Waals surface area contributed by atoms with Gasteiger partial charge in [-0.15, -0.1) is 0 Å². The Kier molecular flexibility index (Phi) is 5.54. The molecule has 0 aliphatic rings. The SMILES string of the molecule is O=C(O)Cc1c(NCc2cccc(Cl)c2)n(Cc2ccccc2)c2ccccc12. The number of rotatable bonds is 7. The van der Waals surface area contributed by atoms with Gasteiger partial charge in [0.2, 0.25) is 0 Å². The normalized spacial score (nSPS) is 10.9. The third-order valence-corrected chi connectivity index (χ3v) is 5.17. The van der Waals surface area contributed by atoms with E-state index in [0.717, 1.165) is 33.4 Å². The summed E-state index contributed by atoms with van der Waals surface area (Å²) in [5, 5.41) is 14.6. The average molecular weight is 405 g/mol. The van der Waals surface area contributed by atoms with Crippen LogP contribution in [0.5, 0.6) is 0 Å². The number of carboxylic acids is 1. The Morgan fingerprint density at radius 2 is 1.66 bits per heavy atom. The molecule has 0 saturated heterocycles. The lowest BCUT2D eigenvalue weighted by Gasteiger charge is -2.15. The number of nitrogens with zero attached hydrogens (tertiary/aromatic N) is 1. The molecule has 0 bridgehead atoms. The fourth-order valence-corrected chi connectivity index (χ4v) is 3.88. The molecular weight excluding hydrogens is 384 g/mol. The lowest BCUT2D eigenvalue weighted by molar-refractivity contribution is -0.136. The van der Waals surface area contributed by atoms with Gasteiger partial charge in [-0.2, -0.15) is 0 Å². The van der Waals surface area contributed by atoms with Gasteiger partial charge in [-0.25, -0.2) is 0 Å². The third-order valence-electron chi connectivity index (χ3n) is 4.94. The average Bonchev–Trinajstić information content (AvgIpc) is 3.00. The molecule has 1 heterocycles. The van der Waals surface area contributed by atoms with Crippen LogP contribution in [0.1, 0.15) is 16.7 Å². The maximum Gasteiger partial charge on any atom is 0.307 e. The third kappa shape index (κ3) is 4.28. The van der Waals surface area contributed by atoms with Crippen LogP contribution in [0.4, 0.5) is 5.82 Å². The molecule has 0 aliphatic carbocycles. The Labute approximate surface area is 174 Å². The van der Waals surface area contributed by atoms with Crippen molar-refractivity contribution in [2.45, 2.75) is 19.5 Å². The van der Waals surface area contributed by atoms with E-state index in [1.807, 2.05) is 66.7 Å². The summed E-state index contributed by atoms with van der Waals surface area (Å²) in [4.78, 5) is 11.6. The minimum atomic E-state index is -0.849. The second-order valence-electron chi connectivity index (χ2n) is 6.97. The standard InChI is InChI=1S/C24H21ClN2O2/c25-19-10-6-9-18(13-19)15-26-24-21(14-23(28)29)20-11-4-5-12-22(20)27(24)16-17-7-2-1-3-8-17/h1-13,26H,14-16H2,(H,28,29). The zero-order valence-corrected chi connectivity index (χ0v) is 16.6. The number of aliphatic carboxylic acids is 1. The lowest BCUT2D eigenvalue weighted by atomic mass is 10.1. The van der Waals surface area contributed by atoms with Crippen molar-refractivity contribution < 1.29 is 9.90 Å². The van der Waals surface area contributed by atoms with Crippen LogP contribution in [0, 0.1) is 0 Å². The van der Waals surface area contributed by atoms with E-state index in [1.54, 1.807) is 0 Å². The molecule has 0 radical (unpaired) electrons. The maximum absolute atomic E-state index is 11.6. The Morgan fingerprint density at radius 3 is 2.41 bits per heavy atom. The van der Waals surface area contributed by atoms with Gasteiger partial charge in [0.25, 0.3) is 0 Å². The van der Waals surface area contributed by atoms with Crippen molar-refractivity contribution in [2.24, 2.45) is 0 Å². The van der Waals surface area contributed by atoms with E-state index in [9.17, 15) is 9.90 Å². The second-order valence-corrected chi connectivity index (χ2v) is 7.41. The Morgan fingerprint density at radius 1 is 0.931 bits per heavy atom. The Hall–Kier alpha value is -3.24. The van der Waals surface area contributed by atoms with Crippen molar-refractivity contribution in [3.8, 4) is 0 Å². The number of carboxylic acid groups (broad SMARTS) is 1. The molecule has 4 nitrogen and oxygen atoms in total. The first kappa shape index (κ1) is 19.1. The Balaban J connectivity index is 1.79. The highest BCUT2D eigenvalue weighted by molar-refractivity contribution is 6.30. The smallest absolute Gasteiger partial charge is 0.307 e. The molecule has 0 atom stereocenters. The van der Waals surface area contributed by atoms with Gasteiger partial charge in [-0.1, -0.05) is 72.3 Å². The number of anilines is 1. The van der Waals surface area contributed by atoms with Crippen LogP contribution in [0.2, 0.25) is 5.02 Å². The molecule has 0 amide bonds. The molecule has 5 heteroatoms. The van der Waals surface area contributed by atoms with Gasteiger partial charge in [0, 0.05) is 29.1 Å². The van der Waals surface area contributed by atoms with Crippen LogP contribution < -0.4 is 5.32 Å². The molecule has 0 unspecified atom stereocenters. The summed E-state index contributed by atoms with van der Waals surface area (Å²) in [5.41, 5.74) is 4.00.